The Bertz CT molecular complexity index is 515. The number of benzene rings is 1. The fraction of sp³-hybridized carbons (Fsp3) is 0.385. The van der Waals surface area contributed by atoms with Gasteiger partial charge in [-0.05, 0) is 23.6 Å². The zero-order chi connectivity index (χ0) is 12.5. The van der Waals surface area contributed by atoms with E-state index in [-0.39, 0.29) is 11.8 Å². The summed E-state index contributed by atoms with van der Waals surface area (Å²) < 4.78 is 22.5. The molecule has 0 aromatic heterocycles. The number of rotatable bonds is 3. The third kappa shape index (κ3) is 3.09. The summed E-state index contributed by atoms with van der Waals surface area (Å²) in [6.07, 6.45) is 1.70. The van der Waals surface area contributed by atoms with E-state index in [0.717, 1.165) is 5.69 Å². The molecule has 1 aliphatic heterocycles. The SMILES string of the molecule is CC(C)c1ccc(N[C@@H]2C=CS(=O)(=O)C2)cc1. The molecule has 4 heteroatoms. The van der Waals surface area contributed by atoms with Crippen LogP contribution in [0.1, 0.15) is 25.3 Å². The van der Waals surface area contributed by atoms with Crippen molar-refractivity contribution in [3.63, 3.8) is 0 Å². The standard InChI is InChI=1S/C13H17NO2S/c1-10(2)11-3-5-12(6-4-11)14-13-7-8-17(15,16)9-13/h3-8,10,13-14H,9H2,1-2H3/t13-/m1/s1. The lowest BCUT2D eigenvalue weighted by Crippen LogP contribution is -2.20. The maximum Gasteiger partial charge on any atom is 0.173 e. The van der Waals surface area contributed by atoms with Crippen LogP contribution in [-0.2, 0) is 9.84 Å². The largest absolute Gasteiger partial charge is 0.378 e. The highest BCUT2D eigenvalue weighted by atomic mass is 32.2. The van der Waals surface area contributed by atoms with Gasteiger partial charge in [-0.25, -0.2) is 8.42 Å². The van der Waals surface area contributed by atoms with Crippen molar-refractivity contribution in [2.45, 2.75) is 25.8 Å². The average Bonchev–Trinajstić information content (AvgIpc) is 2.59. The van der Waals surface area contributed by atoms with Crippen molar-refractivity contribution in [1.82, 2.24) is 0 Å². The number of hydrogen-bond acceptors (Lipinski definition) is 3. The zero-order valence-corrected chi connectivity index (χ0v) is 10.9. The van der Waals surface area contributed by atoms with Gasteiger partial charge in [-0.3, -0.25) is 0 Å². The molecule has 1 heterocycles. The van der Waals surface area contributed by atoms with E-state index in [2.05, 4.69) is 31.3 Å². The van der Waals surface area contributed by atoms with Crippen molar-refractivity contribution in [3.05, 3.63) is 41.3 Å². The first kappa shape index (κ1) is 12.2. The van der Waals surface area contributed by atoms with Crippen molar-refractivity contribution in [1.29, 1.82) is 0 Å². The molecule has 1 N–H and O–H groups in total. The molecule has 0 radical (unpaired) electrons. The van der Waals surface area contributed by atoms with Gasteiger partial charge in [0.25, 0.3) is 0 Å². The molecule has 92 valence electrons. The molecule has 1 atom stereocenters. The topological polar surface area (TPSA) is 46.2 Å². The van der Waals surface area contributed by atoms with Gasteiger partial charge in [0.05, 0.1) is 11.8 Å². The van der Waals surface area contributed by atoms with E-state index in [0.29, 0.717) is 5.92 Å². The summed E-state index contributed by atoms with van der Waals surface area (Å²) in [5.41, 5.74) is 2.24. The minimum atomic E-state index is -2.98. The van der Waals surface area contributed by atoms with Gasteiger partial charge in [0.1, 0.15) is 0 Å². The Morgan fingerprint density at radius 1 is 1.24 bits per heavy atom. The van der Waals surface area contributed by atoms with Gasteiger partial charge in [0.2, 0.25) is 0 Å². The lowest BCUT2D eigenvalue weighted by Gasteiger charge is -2.12. The predicted octanol–water partition coefficient (Wildman–Crippen LogP) is 2.53. The Labute approximate surface area is 102 Å². The molecule has 2 rings (SSSR count). The molecule has 1 aromatic carbocycles. The Hall–Kier alpha value is -1.29. The van der Waals surface area contributed by atoms with Crippen LogP contribution in [0.15, 0.2) is 35.7 Å². The van der Waals surface area contributed by atoms with Crippen molar-refractivity contribution in [2.75, 3.05) is 11.1 Å². The monoisotopic (exact) mass is 251 g/mol. The van der Waals surface area contributed by atoms with Gasteiger partial charge in [-0.1, -0.05) is 32.1 Å². The lowest BCUT2D eigenvalue weighted by molar-refractivity contribution is 0.605. The fourth-order valence-electron chi connectivity index (χ4n) is 1.84. The van der Waals surface area contributed by atoms with E-state index < -0.39 is 9.84 Å². The summed E-state index contributed by atoms with van der Waals surface area (Å²) in [4.78, 5) is 0. The van der Waals surface area contributed by atoms with Crippen LogP contribution in [0.4, 0.5) is 5.69 Å². The average molecular weight is 251 g/mol. The molecular formula is C13H17NO2S. The summed E-state index contributed by atoms with van der Waals surface area (Å²) in [5, 5.41) is 4.48. The number of anilines is 1. The molecular weight excluding hydrogens is 234 g/mol. The molecule has 17 heavy (non-hydrogen) atoms. The molecule has 0 spiro atoms. The summed E-state index contributed by atoms with van der Waals surface area (Å²) >= 11 is 0. The summed E-state index contributed by atoms with van der Waals surface area (Å²) in [7, 11) is -2.98. The summed E-state index contributed by atoms with van der Waals surface area (Å²) in [5.74, 6) is 0.662. The second-order valence-corrected chi connectivity index (χ2v) is 6.62. The molecule has 0 saturated carbocycles. The molecule has 0 fully saturated rings. The Morgan fingerprint density at radius 3 is 2.35 bits per heavy atom. The van der Waals surface area contributed by atoms with Crippen molar-refractivity contribution in [2.24, 2.45) is 0 Å². The van der Waals surface area contributed by atoms with E-state index in [1.807, 2.05) is 12.1 Å². The van der Waals surface area contributed by atoms with Gasteiger partial charge in [0.15, 0.2) is 9.84 Å². The molecule has 0 saturated heterocycles. The first-order valence-electron chi connectivity index (χ1n) is 5.74. The van der Waals surface area contributed by atoms with Crippen LogP contribution in [-0.4, -0.2) is 20.2 Å². The van der Waals surface area contributed by atoms with Crippen LogP contribution >= 0.6 is 0 Å². The van der Waals surface area contributed by atoms with E-state index in [1.54, 1.807) is 6.08 Å². The Kier molecular flexibility index (Phi) is 3.24. The molecule has 0 unspecified atom stereocenters. The van der Waals surface area contributed by atoms with Gasteiger partial charge >= 0.3 is 0 Å². The molecule has 1 aromatic rings. The smallest absolute Gasteiger partial charge is 0.173 e. The van der Waals surface area contributed by atoms with Crippen LogP contribution in [0.3, 0.4) is 0 Å². The lowest BCUT2D eigenvalue weighted by atomic mass is 10.0. The van der Waals surface area contributed by atoms with Crippen molar-refractivity contribution in [3.8, 4) is 0 Å². The van der Waals surface area contributed by atoms with Crippen molar-refractivity contribution >= 4 is 15.5 Å². The van der Waals surface area contributed by atoms with E-state index in [1.165, 1.54) is 11.0 Å². The van der Waals surface area contributed by atoms with E-state index >= 15 is 0 Å². The van der Waals surface area contributed by atoms with Crippen LogP contribution in [0.5, 0.6) is 0 Å². The maximum atomic E-state index is 11.2. The second-order valence-electron chi connectivity index (χ2n) is 4.69. The number of nitrogens with one attached hydrogen (secondary N) is 1. The number of hydrogen-bond donors (Lipinski definition) is 1. The van der Waals surface area contributed by atoms with Gasteiger partial charge < -0.3 is 5.32 Å². The summed E-state index contributed by atoms with van der Waals surface area (Å²) in [6.45, 7) is 4.30. The molecule has 3 nitrogen and oxygen atoms in total. The highest BCUT2D eigenvalue weighted by Crippen LogP contribution is 2.19. The Morgan fingerprint density at radius 2 is 1.88 bits per heavy atom. The highest BCUT2D eigenvalue weighted by molar-refractivity contribution is 7.94. The first-order chi connectivity index (χ1) is 7.96. The van der Waals surface area contributed by atoms with Crippen LogP contribution in [0, 0.1) is 0 Å². The molecule has 1 aliphatic rings. The van der Waals surface area contributed by atoms with E-state index in [4.69, 9.17) is 0 Å². The first-order valence-corrected chi connectivity index (χ1v) is 7.45. The quantitative estimate of drug-likeness (QED) is 0.898. The number of sulfone groups is 1. The molecule has 0 amide bonds. The van der Waals surface area contributed by atoms with Crippen LogP contribution < -0.4 is 5.32 Å². The van der Waals surface area contributed by atoms with Crippen LogP contribution in [0.25, 0.3) is 0 Å². The Balaban J connectivity index is 2.03. The predicted molar refractivity (Wildman–Crippen MR) is 70.9 cm³/mol. The minimum absolute atomic E-state index is 0.107. The fourth-order valence-corrected chi connectivity index (χ4v) is 3.08. The molecule has 0 aliphatic carbocycles. The maximum absolute atomic E-state index is 11.2. The van der Waals surface area contributed by atoms with E-state index in [9.17, 15) is 8.42 Å². The second kappa shape index (κ2) is 4.53. The highest BCUT2D eigenvalue weighted by Gasteiger charge is 2.21. The van der Waals surface area contributed by atoms with Gasteiger partial charge in [0, 0.05) is 11.1 Å². The third-order valence-corrected chi connectivity index (χ3v) is 4.26. The van der Waals surface area contributed by atoms with Gasteiger partial charge in [-0.2, -0.15) is 0 Å². The normalized spacial score (nSPS) is 21.9. The summed E-state index contributed by atoms with van der Waals surface area (Å²) in [6, 6.07) is 8.02. The minimum Gasteiger partial charge on any atom is -0.378 e. The van der Waals surface area contributed by atoms with Crippen molar-refractivity contribution < 1.29 is 8.42 Å². The van der Waals surface area contributed by atoms with Gasteiger partial charge in [-0.15, -0.1) is 0 Å². The third-order valence-electron chi connectivity index (χ3n) is 2.86. The zero-order valence-electron chi connectivity index (χ0n) is 10.1. The van der Waals surface area contributed by atoms with Crippen LogP contribution in [0.2, 0.25) is 0 Å². The molecule has 0 bridgehead atoms.